The van der Waals surface area contributed by atoms with Gasteiger partial charge in [-0.1, -0.05) is 36.4 Å². The lowest BCUT2D eigenvalue weighted by Gasteiger charge is -2.27. The first-order valence-corrected chi connectivity index (χ1v) is 10.8. The summed E-state index contributed by atoms with van der Waals surface area (Å²) >= 11 is 0. The Morgan fingerprint density at radius 2 is 1.84 bits per heavy atom. The highest BCUT2D eigenvalue weighted by Crippen LogP contribution is 2.29. The highest BCUT2D eigenvalue weighted by Gasteiger charge is 2.29. The predicted octanol–water partition coefficient (Wildman–Crippen LogP) is 3.31. The maximum atomic E-state index is 12.8. The van der Waals surface area contributed by atoms with Crippen molar-refractivity contribution in [3.8, 4) is 0 Å². The molecule has 7 nitrogen and oxygen atoms in total. The van der Waals surface area contributed by atoms with Gasteiger partial charge in [-0.15, -0.1) is 0 Å². The molecule has 2 aromatic carbocycles. The Hall–Kier alpha value is -3.87. The average molecular weight is 428 g/mol. The van der Waals surface area contributed by atoms with Crippen molar-refractivity contribution in [2.75, 3.05) is 18.4 Å². The van der Waals surface area contributed by atoms with Crippen molar-refractivity contribution in [2.24, 2.45) is 0 Å². The lowest BCUT2D eigenvalue weighted by Crippen LogP contribution is -2.42. The molecule has 0 radical (unpaired) electrons. The van der Waals surface area contributed by atoms with Crippen molar-refractivity contribution in [1.29, 1.82) is 0 Å². The first kappa shape index (κ1) is 20.1. The van der Waals surface area contributed by atoms with E-state index in [1.807, 2.05) is 23.2 Å². The van der Waals surface area contributed by atoms with Crippen LogP contribution >= 0.6 is 0 Å². The molecule has 7 heteroatoms. The molecule has 1 atom stereocenters. The summed E-state index contributed by atoms with van der Waals surface area (Å²) in [5, 5.41) is 6.72. The number of benzene rings is 2. The van der Waals surface area contributed by atoms with Crippen LogP contribution < -0.4 is 10.6 Å². The van der Waals surface area contributed by atoms with E-state index in [1.165, 1.54) is 16.5 Å². The third-order valence-electron chi connectivity index (χ3n) is 6.20. The van der Waals surface area contributed by atoms with Crippen molar-refractivity contribution in [1.82, 2.24) is 15.2 Å². The molecule has 0 bridgehead atoms. The number of amides is 3. The van der Waals surface area contributed by atoms with Crippen LogP contribution in [0.3, 0.4) is 0 Å². The average Bonchev–Trinajstić information content (AvgIpc) is 3.21. The number of fused-ring (bicyclic) bond motifs is 2. The summed E-state index contributed by atoms with van der Waals surface area (Å²) < 4.78 is 0. The SMILES string of the molecule is O=C1N[C@@H](CCC(=O)N2CC=C(c3c[nH]c4ccccc34)CC2)C(=O)Nc2ccccc21. The fourth-order valence-electron chi connectivity index (χ4n) is 4.42. The topological polar surface area (TPSA) is 94.3 Å². The van der Waals surface area contributed by atoms with E-state index >= 15 is 0 Å². The van der Waals surface area contributed by atoms with E-state index < -0.39 is 6.04 Å². The van der Waals surface area contributed by atoms with E-state index in [-0.39, 0.29) is 30.6 Å². The monoisotopic (exact) mass is 428 g/mol. The molecule has 0 spiro atoms. The lowest BCUT2D eigenvalue weighted by atomic mass is 9.98. The Bertz CT molecular complexity index is 1240. The molecule has 0 fully saturated rings. The number of nitrogens with one attached hydrogen (secondary N) is 3. The Kier molecular flexibility index (Phi) is 5.23. The van der Waals surface area contributed by atoms with Crippen LogP contribution in [-0.4, -0.2) is 46.7 Å². The van der Waals surface area contributed by atoms with Crippen LogP contribution in [0.1, 0.15) is 35.2 Å². The zero-order valence-electron chi connectivity index (χ0n) is 17.6. The fourth-order valence-corrected chi connectivity index (χ4v) is 4.42. The van der Waals surface area contributed by atoms with Gasteiger partial charge < -0.3 is 20.5 Å². The van der Waals surface area contributed by atoms with Crippen LogP contribution in [-0.2, 0) is 9.59 Å². The number of aromatic nitrogens is 1. The second-order valence-corrected chi connectivity index (χ2v) is 8.17. The van der Waals surface area contributed by atoms with E-state index in [4.69, 9.17) is 0 Å². The van der Waals surface area contributed by atoms with Gasteiger partial charge in [0.2, 0.25) is 11.8 Å². The summed E-state index contributed by atoms with van der Waals surface area (Å²) in [4.78, 5) is 42.9. The molecule has 2 aliphatic heterocycles. The molecule has 2 aliphatic rings. The van der Waals surface area contributed by atoms with Gasteiger partial charge in [0.25, 0.3) is 5.91 Å². The van der Waals surface area contributed by atoms with Crippen LogP contribution in [0.2, 0.25) is 0 Å². The number of hydrogen-bond donors (Lipinski definition) is 3. The molecule has 3 heterocycles. The molecule has 5 rings (SSSR count). The number of carbonyl (C=O) groups excluding carboxylic acids is 3. The van der Waals surface area contributed by atoms with E-state index in [1.54, 1.807) is 24.3 Å². The Labute approximate surface area is 185 Å². The Morgan fingerprint density at radius 3 is 2.69 bits per heavy atom. The zero-order valence-corrected chi connectivity index (χ0v) is 17.6. The fraction of sp³-hybridized carbons (Fsp3) is 0.240. The minimum Gasteiger partial charge on any atom is -0.361 e. The molecule has 0 saturated carbocycles. The summed E-state index contributed by atoms with van der Waals surface area (Å²) in [7, 11) is 0. The summed E-state index contributed by atoms with van der Waals surface area (Å²) in [6, 6.07) is 14.3. The normalized spacial score (nSPS) is 18.4. The number of H-pyrrole nitrogens is 1. The number of anilines is 1. The molecule has 3 N–H and O–H groups in total. The highest BCUT2D eigenvalue weighted by molar-refractivity contribution is 6.09. The second kappa shape index (κ2) is 8.34. The van der Waals surface area contributed by atoms with Crippen molar-refractivity contribution in [3.63, 3.8) is 0 Å². The maximum absolute atomic E-state index is 12.8. The first-order valence-electron chi connectivity index (χ1n) is 10.8. The zero-order chi connectivity index (χ0) is 22.1. The number of carbonyl (C=O) groups is 3. The van der Waals surface area contributed by atoms with Gasteiger partial charge in [0.05, 0.1) is 11.3 Å². The number of para-hydroxylation sites is 2. The van der Waals surface area contributed by atoms with Gasteiger partial charge in [-0.25, -0.2) is 0 Å². The van der Waals surface area contributed by atoms with Crippen LogP contribution in [0.4, 0.5) is 5.69 Å². The second-order valence-electron chi connectivity index (χ2n) is 8.17. The molecule has 32 heavy (non-hydrogen) atoms. The summed E-state index contributed by atoms with van der Waals surface area (Å²) in [5.74, 6) is -0.611. The van der Waals surface area contributed by atoms with Crippen molar-refractivity contribution >= 4 is 39.9 Å². The number of hydrogen-bond acceptors (Lipinski definition) is 3. The van der Waals surface area contributed by atoms with Crippen LogP contribution in [0.5, 0.6) is 0 Å². The summed E-state index contributed by atoms with van der Waals surface area (Å²) in [6.07, 6.45) is 5.38. The van der Waals surface area contributed by atoms with Gasteiger partial charge in [0.1, 0.15) is 6.04 Å². The molecular weight excluding hydrogens is 404 g/mol. The number of rotatable bonds is 4. The quantitative estimate of drug-likeness (QED) is 0.595. The minimum atomic E-state index is -0.735. The number of nitrogens with zero attached hydrogens (tertiary/aromatic N) is 1. The third-order valence-corrected chi connectivity index (χ3v) is 6.20. The third kappa shape index (κ3) is 3.77. The Balaban J connectivity index is 1.20. The van der Waals surface area contributed by atoms with Gasteiger partial charge in [-0.3, -0.25) is 14.4 Å². The molecular formula is C25H24N4O3. The molecule has 3 amide bonds. The lowest BCUT2D eigenvalue weighted by molar-refractivity contribution is -0.131. The smallest absolute Gasteiger partial charge is 0.254 e. The number of aromatic amines is 1. The van der Waals surface area contributed by atoms with Gasteiger partial charge in [0, 0.05) is 42.2 Å². The molecule has 0 aliphatic carbocycles. The standard InChI is InChI=1S/C25H24N4O3/c30-23(10-9-22-25(32)27-21-8-4-2-6-18(21)24(31)28-22)29-13-11-16(12-14-29)19-15-26-20-7-3-1-5-17(19)20/h1-8,11,15,22,26H,9-10,12-14H2,(H,27,32)(H,28,31)/t22-/m0/s1. The molecule has 3 aromatic rings. The van der Waals surface area contributed by atoms with E-state index in [9.17, 15) is 14.4 Å². The summed E-state index contributed by atoms with van der Waals surface area (Å²) in [5.41, 5.74) is 4.45. The Morgan fingerprint density at radius 1 is 1.03 bits per heavy atom. The van der Waals surface area contributed by atoms with Crippen LogP contribution in [0, 0.1) is 0 Å². The van der Waals surface area contributed by atoms with Gasteiger partial charge in [0.15, 0.2) is 0 Å². The van der Waals surface area contributed by atoms with Crippen molar-refractivity contribution in [3.05, 3.63) is 71.9 Å². The highest BCUT2D eigenvalue weighted by atomic mass is 16.2. The maximum Gasteiger partial charge on any atom is 0.254 e. The largest absolute Gasteiger partial charge is 0.361 e. The first-order chi connectivity index (χ1) is 15.6. The van der Waals surface area contributed by atoms with Gasteiger partial charge >= 0.3 is 0 Å². The molecule has 1 aromatic heterocycles. The predicted molar refractivity (Wildman–Crippen MR) is 123 cm³/mol. The van der Waals surface area contributed by atoms with Crippen molar-refractivity contribution < 1.29 is 14.4 Å². The molecule has 162 valence electrons. The summed E-state index contributed by atoms with van der Waals surface area (Å²) in [6.45, 7) is 1.18. The van der Waals surface area contributed by atoms with Crippen LogP contribution in [0.25, 0.3) is 16.5 Å². The molecule has 0 saturated heterocycles. The van der Waals surface area contributed by atoms with Crippen molar-refractivity contribution in [2.45, 2.75) is 25.3 Å². The van der Waals surface area contributed by atoms with Gasteiger partial charge in [-0.2, -0.15) is 0 Å². The van der Waals surface area contributed by atoms with E-state index in [2.05, 4.69) is 33.8 Å². The van der Waals surface area contributed by atoms with Gasteiger partial charge in [-0.05, 0) is 36.6 Å². The molecule has 0 unspecified atom stereocenters. The van der Waals surface area contributed by atoms with Crippen LogP contribution in [0.15, 0.2) is 60.8 Å². The van der Waals surface area contributed by atoms with E-state index in [0.29, 0.717) is 24.3 Å². The van der Waals surface area contributed by atoms with E-state index in [0.717, 1.165) is 11.9 Å². The minimum absolute atomic E-state index is 0.0111.